The average molecular weight is 450 g/mol. The van der Waals surface area contributed by atoms with Gasteiger partial charge in [0.2, 0.25) is 5.95 Å². The van der Waals surface area contributed by atoms with Crippen LogP contribution in [0.25, 0.3) is 27.7 Å². The minimum absolute atomic E-state index is 0.0943. The number of carbonyl (C=O) groups is 1. The maximum atomic E-state index is 12.9. The Morgan fingerprint density at radius 3 is 3.03 bits per heavy atom. The molecule has 1 saturated heterocycles. The topological polar surface area (TPSA) is 118 Å². The van der Waals surface area contributed by atoms with Crippen LogP contribution in [0.4, 0.5) is 5.95 Å². The van der Waals surface area contributed by atoms with Gasteiger partial charge in [0.1, 0.15) is 5.65 Å². The van der Waals surface area contributed by atoms with Crippen molar-refractivity contribution in [3.8, 4) is 11.1 Å². The van der Waals surface area contributed by atoms with Crippen molar-refractivity contribution in [2.45, 2.75) is 31.8 Å². The number of fused-ring (bicyclic) bond motifs is 2. The predicted octanol–water partition coefficient (Wildman–Crippen LogP) is 2.63. The highest BCUT2D eigenvalue weighted by Crippen LogP contribution is 2.29. The van der Waals surface area contributed by atoms with Gasteiger partial charge in [-0.05, 0) is 37.5 Å². The van der Waals surface area contributed by atoms with E-state index >= 15 is 0 Å². The lowest BCUT2D eigenvalue weighted by molar-refractivity contribution is 0.0697. The second kappa shape index (κ2) is 9.16. The van der Waals surface area contributed by atoms with E-state index in [4.69, 9.17) is 9.47 Å². The van der Waals surface area contributed by atoms with Gasteiger partial charge in [-0.3, -0.25) is 4.79 Å². The zero-order valence-electron chi connectivity index (χ0n) is 18.7. The first kappa shape index (κ1) is 21.4. The van der Waals surface area contributed by atoms with Crippen LogP contribution in [0.5, 0.6) is 0 Å². The standard InChI is InChI=1S/C23H27N7O3/c1-14(13-32-2)27-23-25-11-18-17(10-24-21(18)29-23)15-3-6-30-20(9-15)19(12-26-30)22(31)28-16-4-7-33-8-5-16/h3,6,9-12,14,16H,4-5,7-8,13H2,1-2H3,(H,28,31)(H2,24,25,27,29)/t14-/m0/s1. The molecule has 5 rings (SSSR count). The average Bonchev–Trinajstić information content (AvgIpc) is 3.43. The molecule has 0 bridgehead atoms. The number of methoxy groups -OCH3 is 1. The number of aromatic nitrogens is 5. The lowest BCUT2D eigenvalue weighted by Crippen LogP contribution is -2.38. The van der Waals surface area contributed by atoms with Crippen molar-refractivity contribution in [3.05, 3.63) is 42.5 Å². The highest BCUT2D eigenvalue weighted by atomic mass is 16.5. The fourth-order valence-electron chi connectivity index (χ4n) is 4.16. The Morgan fingerprint density at radius 2 is 2.21 bits per heavy atom. The van der Waals surface area contributed by atoms with E-state index in [0.29, 0.717) is 31.3 Å². The number of rotatable bonds is 7. The molecule has 4 aromatic rings. The Balaban J connectivity index is 1.42. The molecular formula is C23H27N7O3. The summed E-state index contributed by atoms with van der Waals surface area (Å²) in [4.78, 5) is 25.2. The van der Waals surface area contributed by atoms with Crippen molar-refractivity contribution in [2.24, 2.45) is 0 Å². The van der Waals surface area contributed by atoms with Crippen molar-refractivity contribution >= 4 is 28.4 Å². The van der Waals surface area contributed by atoms with E-state index in [1.165, 1.54) is 0 Å². The molecule has 0 spiro atoms. The predicted molar refractivity (Wildman–Crippen MR) is 124 cm³/mol. The number of hydrogen-bond acceptors (Lipinski definition) is 7. The van der Waals surface area contributed by atoms with Crippen LogP contribution in [0, 0.1) is 0 Å². The summed E-state index contributed by atoms with van der Waals surface area (Å²) in [6.07, 6.45) is 8.84. The summed E-state index contributed by atoms with van der Waals surface area (Å²) in [5, 5.41) is 11.6. The summed E-state index contributed by atoms with van der Waals surface area (Å²) in [7, 11) is 1.66. The minimum Gasteiger partial charge on any atom is -0.383 e. The molecule has 5 heterocycles. The Bertz CT molecular complexity index is 1280. The molecule has 0 unspecified atom stereocenters. The number of ether oxygens (including phenoxy) is 2. The Morgan fingerprint density at radius 1 is 1.36 bits per heavy atom. The molecular weight excluding hydrogens is 422 g/mol. The maximum absolute atomic E-state index is 12.9. The van der Waals surface area contributed by atoms with Crippen LogP contribution < -0.4 is 10.6 Å². The van der Waals surface area contributed by atoms with E-state index in [1.807, 2.05) is 31.5 Å². The van der Waals surface area contributed by atoms with Gasteiger partial charge in [-0.15, -0.1) is 0 Å². The van der Waals surface area contributed by atoms with Gasteiger partial charge in [-0.2, -0.15) is 10.1 Å². The quantitative estimate of drug-likeness (QED) is 0.397. The minimum atomic E-state index is -0.114. The molecule has 4 aromatic heterocycles. The van der Waals surface area contributed by atoms with Gasteiger partial charge in [-0.1, -0.05) is 0 Å². The fourth-order valence-corrected chi connectivity index (χ4v) is 4.16. The summed E-state index contributed by atoms with van der Waals surface area (Å²) in [6.45, 7) is 3.92. The van der Waals surface area contributed by atoms with E-state index in [0.717, 1.165) is 40.5 Å². The Hall–Kier alpha value is -3.50. The van der Waals surface area contributed by atoms with E-state index in [9.17, 15) is 4.79 Å². The second-order valence-corrected chi connectivity index (χ2v) is 8.32. The van der Waals surface area contributed by atoms with Crippen LogP contribution in [-0.2, 0) is 9.47 Å². The number of pyridine rings is 1. The summed E-state index contributed by atoms with van der Waals surface area (Å²) in [6, 6.07) is 4.16. The monoisotopic (exact) mass is 449 g/mol. The molecule has 0 aromatic carbocycles. The fraction of sp³-hybridized carbons (Fsp3) is 0.391. The largest absolute Gasteiger partial charge is 0.383 e. The third kappa shape index (κ3) is 4.39. The van der Waals surface area contributed by atoms with Crippen molar-refractivity contribution < 1.29 is 14.3 Å². The molecule has 3 N–H and O–H groups in total. The van der Waals surface area contributed by atoms with Crippen LogP contribution in [0.1, 0.15) is 30.1 Å². The SMILES string of the molecule is COC[C@H](C)Nc1ncc2c(-c3ccn4ncc(C(=O)NC5CCOCC5)c4c3)c[nH]c2n1. The Kier molecular flexibility index (Phi) is 5.93. The summed E-state index contributed by atoms with van der Waals surface area (Å²) in [5.74, 6) is 0.427. The van der Waals surface area contributed by atoms with Gasteiger partial charge >= 0.3 is 0 Å². The van der Waals surface area contributed by atoms with Crippen LogP contribution in [0.15, 0.2) is 36.9 Å². The zero-order chi connectivity index (χ0) is 22.8. The number of aromatic amines is 1. The van der Waals surface area contributed by atoms with E-state index < -0.39 is 0 Å². The number of nitrogens with zero attached hydrogens (tertiary/aromatic N) is 4. The summed E-state index contributed by atoms with van der Waals surface area (Å²) in [5.41, 5.74) is 3.95. The molecule has 1 aliphatic heterocycles. The highest BCUT2D eigenvalue weighted by Gasteiger charge is 2.20. The number of nitrogens with one attached hydrogen (secondary N) is 3. The molecule has 1 atom stereocenters. The molecule has 0 saturated carbocycles. The molecule has 0 aliphatic carbocycles. The molecule has 1 amide bonds. The molecule has 0 radical (unpaired) electrons. The van der Waals surface area contributed by atoms with Crippen molar-refractivity contribution in [2.75, 3.05) is 32.2 Å². The number of H-pyrrole nitrogens is 1. The first-order valence-corrected chi connectivity index (χ1v) is 11.1. The highest BCUT2D eigenvalue weighted by molar-refractivity contribution is 6.02. The van der Waals surface area contributed by atoms with Crippen molar-refractivity contribution in [3.63, 3.8) is 0 Å². The molecule has 33 heavy (non-hydrogen) atoms. The normalized spacial score (nSPS) is 15.7. The summed E-state index contributed by atoms with van der Waals surface area (Å²) >= 11 is 0. The molecule has 1 aliphatic rings. The summed E-state index contributed by atoms with van der Waals surface area (Å²) < 4.78 is 12.3. The van der Waals surface area contributed by atoms with Gasteiger partial charge in [0.15, 0.2) is 0 Å². The first-order valence-electron chi connectivity index (χ1n) is 11.1. The Labute approximate surface area is 190 Å². The third-order valence-corrected chi connectivity index (χ3v) is 5.86. The van der Waals surface area contributed by atoms with E-state index in [2.05, 4.69) is 30.7 Å². The zero-order valence-corrected chi connectivity index (χ0v) is 18.7. The lowest BCUT2D eigenvalue weighted by Gasteiger charge is -2.22. The molecule has 10 heteroatoms. The third-order valence-electron chi connectivity index (χ3n) is 5.86. The molecule has 10 nitrogen and oxygen atoms in total. The number of amides is 1. The van der Waals surface area contributed by atoms with Crippen LogP contribution in [0.2, 0.25) is 0 Å². The van der Waals surface area contributed by atoms with Gasteiger partial charge in [-0.25, -0.2) is 9.50 Å². The van der Waals surface area contributed by atoms with E-state index in [-0.39, 0.29) is 18.0 Å². The number of anilines is 1. The molecule has 172 valence electrons. The van der Waals surface area contributed by atoms with Crippen LogP contribution in [0.3, 0.4) is 0 Å². The maximum Gasteiger partial charge on any atom is 0.255 e. The lowest BCUT2D eigenvalue weighted by atomic mass is 10.1. The van der Waals surface area contributed by atoms with Crippen LogP contribution >= 0.6 is 0 Å². The number of hydrogen-bond donors (Lipinski definition) is 3. The van der Waals surface area contributed by atoms with Crippen LogP contribution in [-0.4, -0.2) is 69.5 Å². The smallest absolute Gasteiger partial charge is 0.255 e. The van der Waals surface area contributed by atoms with Gasteiger partial charge in [0.25, 0.3) is 5.91 Å². The van der Waals surface area contributed by atoms with E-state index in [1.54, 1.807) is 24.0 Å². The first-order chi connectivity index (χ1) is 16.1. The number of carbonyl (C=O) groups excluding carboxylic acids is 1. The molecule has 1 fully saturated rings. The van der Waals surface area contributed by atoms with Crippen molar-refractivity contribution in [1.82, 2.24) is 29.9 Å². The second-order valence-electron chi connectivity index (χ2n) is 8.32. The van der Waals surface area contributed by atoms with Gasteiger partial charge < -0.3 is 25.1 Å². The van der Waals surface area contributed by atoms with Gasteiger partial charge in [0.05, 0.1) is 23.9 Å². The van der Waals surface area contributed by atoms with Crippen molar-refractivity contribution in [1.29, 1.82) is 0 Å². The van der Waals surface area contributed by atoms with Gasteiger partial charge in [0, 0.05) is 61.9 Å².